The zero-order valence-corrected chi connectivity index (χ0v) is 13.4. The molecule has 0 aliphatic carbocycles. The highest BCUT2D eigenvalue weighted by molar-refractivity contribution is 7.08. The Morgan fingerprint density at radius 2 is 2.05 bits per heavy atom. The number of hydrogen-bond acceptors (Lipinski definition) is 5. The molecule has 1 rings (SSSR count). The van der Waals surface area contributed by atoms with Crippen molar-refractivity contribution < 1.29 is 14.6 Å². The summed E-state index contributed by atoms with van der Waals surface area (Å²) >= 11 is 1.71. The van der Waals surface area contributed by atoms with E-state index in [1.165, 1.54) is 11.1 Å². The van der Waals surface area contributed by atoms with Gasteiger partial charge in [-0.3, -0.25) is 0 Å². The average Bonchev–Trinajstić information content (AvgIpc) is 2.83. The van der Waals surface area contributed by atoms with Gasteiger partial charge in [0.2, 0.25) is 0 Å². The summed E-state index contributed by atoms with van der Waals surface area (Å²) in [5, 5.41) is 17.3. The highest BCUT2D eigenvalue weighted by Gasteiger charge is 2.05. The van der Waals surface area contributed by atoms with Gasteiger partial charge >= 0.3 is 0 Å². The Balaban J connectivity index is 1.93. The fraction of sp³-hybridized carbons (Fsp3) is 0.733. The van der Waals surface area contributed by atoms with Gasteiger partial charge in [-0.25, -0.2) is 0 Å². The van der Waals surface area contributed by atoms with Crippen LogP contribution in [0.1, 0.15) is 30.9 Å². The van der Waals surface area contributed by atoms with E-state index < -0.39 is 6.10 Å². The Morgan fingerprint density at radius 1 is 1.25 bits per heavy atom. The molecule has 0 fully saturated rings. The zero-order valence-electron chi connectivity index (χ0n) is 12.6. The van der Waals surface area contributed by atoms with Gasteiger partial charge in [0, 0.05) is 19.7 Å². The fourth-order valence-electron chi connectivity index (χ4n) is 1.69. The quantitative estimate of drug-likeness (QED) is 0.582. The average molecular weight is 301 g/mol. The summed E-state index contributed by atoms with van der Waals surface area (Å²) in [6.45, 7) is 7.89. The second-order valence-corrected chi connectivity index (χ2v) is 5.65. The largest absolute Gasteiger partial charge is 0.389 e. The van der Waals surface area contributed by atoms with Crippen molar-refractivity contribution in [3.05, 3.63) is 21.9 Å². The standard InChI is InChI=1S/C15H27NO3S/c1-3-4-5-18-6-7-19-10-15(17)9-16-8-14-12-20-11-13(14)2/h11-12,15-17H,3-10H2,1-2H3. The van der Waals surface area contributed by atoms with Crippen LogP contribution in [-0.4, -0.2) is 44.2 Å². The van der Waals surface area contributed by atoms with Crippen LogP contribution in [0.2, 0.25) is 0 Å². The van der Waals surface area contributed by atoms with Gasteiger partial charge in [-0.2, -0.15) is 11.3 Å². The van der Waals surface area contributed by atoms with Crippen molar-refractivity contribution in [2.45, 2.75) is 39.3 Å². The number of ether oxygens (including phenoxy) is 2. The van der Waals surface area contributed by atoms with Crippen molar-refractivity contribution in [2.75, 3.05) is 33.0 Å². The summed E-state index contributed by atoms with van der Waals surface area (Å²) in [6.07, 6.45) is 1.77. The van der Waals surface area contributed by atoms with E-state index in [0.717, 1.165) is 26.0 Å². The summed E-state index contributed by atoms with van der Waals surface area (Å²) in [4.78, 5) is 0. The molecule has 4 nitrogen and oxygen atoms in total. The number of rotatable bonds is 12. The zero-order chi connectivity index (χ0) is 14.6. The minimum absolute atomic E-state index is 0.354. The number of aliphatic hydroxyl groups is 1. The predicted molar refractivity (Wildman–Crippen MR) is 83.3 cm³/mol. The first-order chi connectivity index (χ1) is 9.74. The monoisotopic (exact) mass is 301 g/mol. The van der Waals surface area contributed by atoms with Gasteiger partial charge in [0.05, 0.1) is 25.9 Å². The number of aliphatic hydroxyl groups excluding tert-OH is 1. The van der Waals surface area contributed by atoms with Crippen LogP contribution in [0.4, 0.5) is 0 Å². The van der Waals surface area contributed by atoms with Gasteiger partial charge in [-0.1, -0.05) is 13.3 Å². The van der Waals surface area contributed by atoms with Gasteiger partial charge in [-0.15, -0.1) is 0 Å². The molecule has 1 heterocycles. The van der Waals surface area contributed by atoms with Crippen LogP contribution in [0.15, 0.2) is 10.8 Å². The highest BCUT2D eigenvalue weighted by atomic mass is 32.1. The number of nitrogens with one attached hydrogen (secondary N) is 1. The third-order valence-corrected chi connectivity index (χ3v) is 3.89. The van der Waals surface area contributed by atoms with E-state index in [9.17, 15) is 5.11 Å². The fourth-order valence-corrected chi connectivity index (χ4v) is 2.54. The number of hydrogen-bond donors (Lipinski definition) is 2. The van der Waals surface area contributed by atoms with Crippen LogP contribution in [0.25, 0.3) is 0 Å². The molecule has 1 atom stereocenters. The van der Waals surface area contributed by atoms with Gasteiger partial charge in [0.1, 0.15) is 0 Å². The van der Waals surface area contributed by atoms with Crippen LogP contribution in [0.5, 0.6) is 0 Å². The van der Waals surface area contributed by atoms with Crippen LogP contribution in [0.3, 0.4) is 0 Å². The van der Waals surface area contributed by atoms with E-state index in [-0.39, 0.29) is 0 Å². The first-order valence-electron chi connectivity index (χ1n) is 7.30. The lowest BCUT2D eigenvalue weighted by Crippen LogP contribution is -2.30. The Morgan fingerprint density at radius 3 is 2.75 bits per heavy atom. The van der Waals surface area contributed by atoms with Gasteiger partial charge in [0.15, 0.2) is 0 Å². The molecule has 0 aromatic carbocycles. The Kier molecular flexibility index (Phi) is 9.87. The smallest absolute Gasteiger partial charge is 0.0897 e. The summed E-state index contributed by atoms with van der Waals surface area (Å²) in [7, 11) is 0. The molecule has 0 amide bonds. The summed E-state index contributed by atoms with van der Waals surface area (Å²) in [6, 6.07) is 0. The molecule has 0 aliphatic rings. The van der Waals surface area contributed by atoms with Crippen molar-refractivity contribution in [3.63, 3.8) is 0 Å². The second kappa shape index (κ2) is 11.2. The third-order valence-electron chi connectivity index (χ3n) is 2.98. The first-order valence-corrected chi connectivity index (χ1v) is 8.24. The SMILES string of the molecule is CCCCOCCOCC(O)CNCc1cscc1C. The maximum absolute atomic E-state index is 9.76. The molecule has 2 N–H and O–H groups in total. The summed E-state index contributed by atoms with van der Waals surface area (Å²) in [5.41, 5.74) is 2.60. The van der Waals surface area contributed by atoms with E-state index in [1.807, 2.05) is 0 Å². The molecule has 5 heteroatoms. The molecule has 1 aromatic heterocycles. The molecule has 1 aromatic rings. The maximum Gasteiger partial charge on any atom is 0.0897 e. The van der Waals surface area contributed by atoms with Gasteiger partial charge < -0.3 is 19.9 Å². The molecule has 20 heavy (non-hydrogen) atoms. The van der Waals surface area contributed by atoms with Crippen molar-refractivity contribution in [1.29, 1.82) is 0 Å². The predicted octanol–water partition coefficient (Wildman–Crippen LogP) is 2.34. The lowest BCUT2D eigenvalue weighted by Gasteiger charge is -2.12. The molecule has 0 bridgehead atoms. The van der Waals surface area contributed by atoms with E-state index in [4.69, 9.17) is 9.47 Å². The lowest BCUT2D eigenvalue weighted by molar-refractivity contribution is 0.00385. The van der Waals surface area contributed by atoms with E-state index >= 15 is 0 Å². The van der Waals surface area contributed by atoms with E-state index in [2.05, 4.69) is 29.9 Å². The highest BCUT2D eigenvalue weighted by Crippen LogP contribution is 2.12. The molecule has 116 valence electrons. The molecule has 0 spiro atoms. The number of thiophene rings is 1. The molecule has 0 aliphatic heterocycles. The van der Waals surface area contributed by atoms with Crippen LogP contribution >= 0.6 is 11.3 Å². The molecular weight excluding hydrogens is 274 g/mol. The maximum atomic E-state index is 9.76. The van der Waals surface area contributed by atoms with Crippen molar-refractivity contribution in [3.8, 4) is 0 Å². The molecule has 1 unspecified atom stereocenters. The van der Waals surface area contributed by atoms with Crippen molar-refractivity contribution >= 4 is 11.3 Å². The molecule has 0 saturated carbocycles. The normalized spacial score (nSPS) is 12.8. The number of aryl methyl sites for hydroxylation is 1. The summed E-state index contributed by atoms with van der Waals surface area (Å²) < 4.78 is 10.8. The lowest BCUT2D eigenvalue weighted by atomic mass is 10.2. The third kappa shape index (κ3) is 7.97. The van der Waals surface area contributed by atoms with Crippen LogP contribution < -0.4 is 5.32 Å². The topological polar surface area (TPSA) is 50.7 Å². The number of unbranched alkanes of at least 4 members (excludes halogenated alkanes) is 1. The summed E-state index contributed by atoms with van der Waals surface area (Å²) in [5.74, 6) is 0. The van der Waals surface area contributed by atoms with Gasteiger partial charge in [-0.05, 0) is 35.2 Å². The first kappa shape index (κ1) is 17.6. The molecule has 0 radical (unpaired) electrons. The van der Waals surface area contributed by atoms with Crippen LogP contribution in [-0.2, 0) is 16.0 Å². The molecule has 0 saturated heterocycles. The van der Waals surface area contributed by atoms with Crippen molar-refractivity contribution in [2.24, 2.45) is 0 Å². The Labute approximate surface area is 126 Å². The van der Waals surface area contributed by atoms with E-state index in [0.29, 0.717) is 26.4 Å². The van der Waals surface area contributed by atoms with Gasteiger partial charge in [0.25, 0.3) is 0 Å². The Bertz CT molecular complexity index is 344. The van der Waals surface area contributed by atoms with E-state index in [1.54, 1.807) is 11.3 Å². The minimum atomic E-state index is -0.468. The Hall–Kier alpha value is -0.460. The van der Waals surface area contributed by atoms with Crippen molar-refractivity contribution in [1.82, 2.24) is 5.32 Å². The second-order valence-electron chi connectivity index (χ2n) is 4.91. The van der Waals surface area contributed by atoms with Crippen LogP contribution in [0, 0.1) is 6.92 Å². The molecular formula is C15H27NO3S. The minimum Gasteiger partial charge on any atom is -0.389 e.